The number of hydrogen-bond donors (Lipinski definition) is 0. The summed E-state index contributed by atoms with van der Waals surface area (Å²) >= 11 is 0. The van der Waals surface area contributed by atoms with Gasteiger partial charge in [0.15, 0.2) is 5.76 Å². The second kappa shape index (κ2) is 5.74. The summed E-state index contributed by atoms with van der Waals surface area (Å²) < 4.78 is 7.74. The second-order valence-corrected chi connectivity index (χ2v) is 6.48. The molecule has 0 spiro atoms. The molecule has 1 aliphatic carbocycles. The van der Waals surface area contributed by atoms with Crippen LogP contribution in [0.3, 0.4) is 0 Å². The number of likely N-dealkylation sites (tertiary alicyclic amines) is 1. The van der Waals surface area contributed by atoms with E-state index in [0.717, 1.165) is 44.6 Å². The number of nitrogens with zero attached hydrogens (tertiary/aromatic N) is 4. The Morgan fingerprint density at radius 2 is 2.18 bits per heavy atom. The van der Waals surface area contributed by atoms with Gasteiger partial charge >= 0.3 is 0 Å². The number of piperidine rings is 1. The molecule has 1 saturated heterocycles. The summed E-state index contributed by atoms with van der Waals surface area (Å²) in [5, 5.41) is 8.43. The van der Waals surface area contributed by atoms with Crippen molar-refractivity contribution in [3.05, 3.63) is 24.0 Å². The summed E-state index contributed by atoms with van der Waals surface area (Å²) in [7, 11) is 0. The third-order valence-corrected chi connectivity index (χ3v) is 4.76. The predicted molar refractivity (Wildman–Crippen MR) is 80.1 cm³/mol. The first kappa shape index (κ1) is 13.8. The van der Waals surface area contributed by atoms with Crippen LogP contribution in [0.15, 0.2) is 18.2 Å². The van der Waals surface area contributed by atoms with Crippen molar-refractivity contribution in [1.82, 2.24) is 19.7 Å². The van der Waals surface area contributed by atoms with Gasteiger partial charge in [-0.1, -0.05) is 0 Å². The Labute approximate surface area is 130 Å². The lowest BCUT2D eigenvalue weighted by Gasteiger charge is -2.33. The molecular weight excluding hydrogens is 280 g/mol. The summed E-state index contributed by atoms with van der Waals surface area (Å²) in [6, 6.07) is 0.584. The quantitative estimate of drug-likeness (QED) is 0.857. The van der Waals surface area contributed by atoms with Gasteiger partial charge in [-0.15, -0.1) is 10.2 Å². The van der Waals surface area contributed by atoms with Crippen LogP contribution < -0.4 is 0 Å². The molecule has 4 rings (SSSR count). The van der Waals surface area contributed by atoms with Gasteiger partial charge in [0.25, 0.3) is 5.91 Å². The molecule has 0 bridgehead atoms. The van der Waals surface area contributed by atoms with Crippen LogP contribution in [0, 0.1) is 0 Å². The molecule has 3 aliphatic rings. The molecule has 0 N–H and O–H groups in total. The van der Waals surface area contributed by atoms with Crippen molar-refractivity contribution >= 4 is 5.91 Å². The summed E-state index contributed by atoms with van der Waals surface area (Å²) in [6.07, 6.45) is 10.3. The van der Waals surface area contributed by atoms with Crippen molar-refractivity contribution in [3.8, 4) is 0 Å². The first-order chi connectivity index (χ1) is 10.8. The van der Waals surface area contributed by atoms with Gasteiger partial charge < -0.3 is 14.2 Å². The minimum Gasteiger partial charge on any atom is -0.488 e. The van der Waals surface area contributed by atoms with Crippen molar-refractivity contribution in [2.24, 2.45) is 0 Å². The van der Waals surface area contributed by atoms with E-state index in [9.17, 15) is 4.79 Å². The van der Waals surface area contributed by atoms with Gasteiger partial charge in [0.1, 0.15) is 12.2 Å². The van der Waals surface area contributed by atoms with E-state index in [1.807, 2.05) is 17.3 Å². The predicted octanol–water partition coefficient (Wildman–Crippen LogP) is 2.01. The highest BCUT2D eigenvalue weighted by molar-refractivity contribution is 5.91. The zero-order valence-electron chi connectivity index (χ0n) is 12.8. The molecule has 1 saturated carbocycles. The van der Waals surface area contributed by atoms with Crippen LogP contribution in [-0.4, -0.2) is 45.3 Å². The number of amides is 1. The molecule has 2 fully saturated rings. The third kappa shape index (κ3) is 2.62. The van der Waals surface area contributed by atoms with Gasteiger partial charge in [-0.2, -0.15) is 0 Å². The molecule has 6 heteroatoms. The number of rotatable bonds is 3. The fraction of sp³-hybridized carbons (Fsp3) is 0.688. The maximum atomic E-state index is 12.6. The van der Waals surface area contributed by atoms with Crippen LogP contribution in [0.1, 0.15) is 56.3 Å². The van der Waals surface area contributed by atoms with Gasteiger partial charge in [-0.05, 0) is 44.6 Å². The summed E-state index contributed by atoms with van der Waals surface area (Å²) in [4.78, 5) is 14.5. The Morgan fingerprint density at radius 1 is 1.27 bits per heavy atom. The van der Waals surface area contributed by atoms with E-state index >= 15 is 0 Å². The molecule has 1 aromatic heterocycles. The molecule has 118 valence electrons. The van der Waals surface area contributed by atoms with E-state index in [1.165, 1.54) is 12.8 Å². The van der Waals surface area contributed by atoms with Crippen molar-refractivity contribution in [2.45, 2.75) is 50.5 Å². The van der Waals surface area contributed by atoms with Crippen molar-refractivity contribution in [3.63, 3.8) is 0 Å². The highest BCUT2D eigenvalue weighted by atomic mass is 16.5. The smallest absolute Gasteiger partial charge is 0.288 e. The van der Waals surface area contributed by atoms with Crippen LogP contribution >= 0.6 is 0 Å². The molecule has 2 aliphatic heterocycles. The summed E-state index contributed by atoms with van der Waals surface area (Å²) in [6.45, 7) is 2.20. The summed E-state index contributed by atoms with van der Waals surface area (Å²) in [5.41, 5.74) is 0. The summed E-state index contributed by atoms with van der Waals surface area (Å²) in [5.74, 6) is 1.93. The molecule has 1 aromatic rings. The lowest BCUT2D eigenvalue weighted by molar-refractivity contribution is -0.132. The number of carbonyl (C=O) groups excluding carboxylic acids is 1. The molecular formula is C16H22N4O2. The largest absolute Gasteiger partial charge is 0.488 e. The maximum Gasteiger partial charge on any atom is 0.288 e. The Balaban J connectivity index is 1.48. The number of hydrogen-bond acceptors (Lipinski definition) is 4. The molecule has 6 nitrogen and oxygen atoms in total. The molecule has 1 unspecified atom stereocenters. The average molecular weight is 302 g/mol. The van der Waals surface area contributed by atoms with E-state index in [4.69, 9.17) is 4.74 Å². The van der Waals surface area contributed by atoms with Gasteiger partial charge in [-0.3, -0.25) is 4.79 Å². The molecule has 1 amide bonds. The molecule has 3 heterocycles. The Bertz CT molecular complexity index is 591. The van der Waals surface area contributed by atoms with E-state index in [0.29, 0.717) is 24.3 Å². The highest BCUT2D eigenvalue weighted by Gasteiger charge is 2.33. The fourth-order valence-electron chi connectivity index (χ4n) is 3.41. The minimum atomic E-state index is 0.0434. The van der Waals surface area contributed by atoms with Crippen LogP contribution in [0.4, 0.5) is 0 Å². The topological polar surface area (TPSA) is 60.2 Å². The van der Waals surface area contributed by atoms with E-state index < -0.39 is 0 Å². The molecule has 0 radical (unpaired) electrons. The van der Waals surface area contributed by atoms with Crippen molar-refractivity contribution < 1.29 is 9.53 Å². The Hall–Kier alpha value is -1.85. The normalized spacial score (nSPS) is 25.5. The zero-order valence-corrected chi connectivity index (χ0v) is 12.8. The van der Waals surface area contributed by atoms with Gasteiger partial charge in [0, 0.05) is 25.0 Å². The maximum absolute atomic E-state index is 12.6. The number of aromatic nitrogens is 3. The second-order valence-electron chi connectivity index (χ2n) is 6.48. The lowest BCUT2D eigenvalue weighted by atomic mass is 9.96. The third-order valence-electron chi connectivity index (χ3n) is 4.76. The fourth-order valence-corrected chi connectivity index (χ4v) is 3.41. The highest BCUT2D eigenvalue weighted by Crippen LogP contribution is 2.38. The average Bonchev–Trinajstić information content (AvgIpc) is 3.32. The first-order valence-electron chi connectivity index (χ1n) is 8.34. The van der Waals surface area contributed by atoms with Crippen molar-refractivity contribution in [1.29, 1.82) is 0 Å². The SMILES string of the molecule is O=C(C1=CCCCO1)N1CCCC(c2nncn2C2CC2)C1. The Morgan fingerprint density at radius 3 is 2.95 bits per heavy atom. The molecule has 1 atom stereocenters. The lowest BCUT2D eigenvalue weighted by Crippen LogP contribution is -2.41. The van der Waals surface area contributed by atoms with Crippen LogP contribution in [0.25, 0.3) is 0 Å². The minimum absolute atomic E-state index is 0.0434. The van der Waals surface area contributed by atoms with E-state index in [1.54, 1.807) is 0 Å². The van der Waals surface area contributed by atoms with Gasteiger partial charge in [0.05, 0.1) is 6.61 Å². The van der Waals surface area contributed by atoms with Crippen LogP contribution in [0.2, 0.25) is 0 Å². The number of allylic oxidation sites excluding steroid dienone is 1. The standard InChI is InChI=1S/C16H22N4O2/c21-16(14-5-1-2-9-22-14)19-8-3-4-12(10-19)15-18-17-11-20(15)13-6-7-13/h5,11-13H,1-4,6-10H2. The van der Waals surface area contributed by atoms with E-state index in [2.05, 4.69) is 14.8 Å². The number of ether oxygens (including phenoxy) is 1. The van der Waals surface area contributed by atoms with Gasteiger partial charge in [-0.25, -0.2) is 0 Å². The number of carbonyl (C=O) groups is 1. The monoisotopic (exact) mass is 302 g/mol. The Kier molecular flexibility index (Phi) is 3.60. The zero-order chi connectivity index (χ0) is 14.9. The van der Waals surface area contributed by atoms with Crippen LogP contribution in [-0.2, 0) is 9.53 Å². The van der Waals surface area contributed by atoms with Crippen LogP contribution in [0.5, 0.6) is 0 Å². The van der Waals surface area contributed by atoms with Gasteiger partial charge in [0.2, 0.25) is 0 Å². The van der Waals surface area contributed by atoms with E-state index in [-0.39, 0.29) is 5.91 Å². The first-order valence-corrected chi connectivity index (χ1v) is 8.34. The molecule has 0 aromatic carbocycles. The van der Waals surface area contributed by atoms with Crippen molar-refractivity contribution in [2.75, 3.05) is 19.7 Å². The molecule has 22 heavy (non-hydrogen) atoms.